The molecule has 0 saturated heterocycles. The third-order valence-electron chi connectivity index (χ3n) is 6.39. The van der Waals surface area contributed by atoms with E-state index in [1.165, 1.54) is 11.2 Å². The van der Waals surface area contributed by atoms with Crippen molar-refractivity contribution in [2.45, 2.75) is 51.1 Å². The summed E-state index contributed by atoms with van der Waals surface area (Å²) in [5, 5.41) is 5.58. The topological polar surface area (TPSA) is 95.6 Å². The number of aryl methyl sites for hydroxylation is 2. The first-order valence-electron chi connectivity index (χ1n) is 12.0. The molecule has 0 aromatic heterocycles. The molecule has 2 N–H and O–H groups in total. The van der Waals surface area contributed by atoms with Crippen molar-refractivity contribution in [3.8, 4) is 0 Å². The van der Waals surface area contributed by atoms with Crippen molar-refractivity contribution in [3.05, 3.63) is 94.5 Å². The molecule has 3 aromatic carbocycles. The van der Waals surface area contributed by atoms with Crippen molar-refractivity contribution in [1.82, 2.24) is 9.62 Å². The minimum atomic E-state index is -4.03. The molecule has 2 amide bonds. The molecule has 0 fully saturated rings. The standard InChI is InChI=1S/C28H31N3O4S/c1-19-8-11-22(12-9-19)18-29-28(33)17-26-24-7-5-4-6-23(24)14-15-31(26)36(34,35)27-16-20(2)10-13-25(27)30-21(3)32/h4-13,16,26H,14-15,17-18H2,1-3H3,(H,29,33)(H,30,32)/t26-/m0/s1. The monoisotopic (exact) mass is 505 g/mol. The third kappa shape index (κ3) is 5.66. The van der Waals surface area contributed by atoms with Crippen LogP contribution in [-0.4, -0.2) is 31.1 Å². The van der Waals surface area contributed by atoms with Gasteiger partial charge in [0, 0.05) is 26.4 Å². The zero-order valence-corrected chi connectivity index (χ0v) is 21.6. The highest BCUT2D eigenvalue weighted by molar-refractivity contribution is 7.89. The molecule has 1 heterocycles. The number of benzene rings is 3. The number of carbonyl (C=O) groups excluding carboxylic acids is 2. The molecule has 1 atom stereocenters. The van der Waals surface area contributed by atoms with E-state index in [9.17, 15) is 18.0 Å². The Balaban J connectivity index is 1.65. The van der Waals surface area contributed by atoms with Gasteiger partial charge in [-0.3, -0.25) is 9.59 Å². The van der Waals surface area contributed by atoms with Crippen LogP contribution < -0.4 is 10.6 Å². The van der Waals surface area contributed by atoms with Crippen LogP contribution in [0.1, 0.15) is 47.2 Å². The first-order valence-corrected chi connectivity index (χ1v) is 13.4. The Labute approximate surface area is 212 Å². The Hall–Kier alpha value is -3.49. The highest BCUT2D eigenvalue weighted by atomic mass is 32.2. The summed E-state index contributed by atoms with van der Waals surface area (Å²) in [5.74, 6) is -0.588. The van der Waals surface area contributed by atoms with E-state index in [1.807, 2.05) is 55.5 Å². The van der Waals surface area contributed by atoms with Gasteiger partial charge in [-0.05, 0) is 54.7 Å². The van der Waals surface area contributed by atoms with Gasteiger partial charge in [-0.25, -0.2) is 8.42 Å². The van der Waals surface area contributed by atoms with Crippen molar-refractivity contribution >= 4 is 27.5 Å². The molecule has 0 spiro atoms. The van der Waals surface area contributed by atoms with Crippen LogP contribution in [0.2, 0.25) is 0 Å². The number of anilines is 1. The van der Waals surface area contributed by atoms with E-state index in [0.29, 0.717) is 13.0 Å². The van der Waals surface area contributed by atoms with Crippen LogP contribution in [0, 0.1) is 13.8 Å². The molecule has 8 heteroatoms. The molecule has 1 aliphatic heterocycles. The number of nitrogens with zero attached hydrogens (tertiary/aromatic N) is 1. The van der Waals surface area contributed by atoms with E-state index in [-0.39, 0.29) is 35.4 Å². The zero-order valence-electron chi connectivity index (χ0n) is 20.7. The number of nitrogens with one attached hydrogen (secondary N) is 2. The fourth-order valence-corrected chi connectivity index (χ4v) is 6.38. The Morgan fingerprint density at radius 1 is 0.972 bits per heavy atom. The molecular formula is C28H31N3O4S. The average Bonchev–Trinajstić information content (AvgIpc) is 2.84. The van der Waals surface area contributed by atoms with Gasteiger partial charge in [0.15, 0.2) is 0 Å². The molecule has 0 saturated carbocycles. The maximum atomic E-state index is 14.0. The minimum absolute atomic E-state index is 0.0105. The molecule has 0 unspecified atom stereocenters. The molecule has 36 heavy (non-hydrogen) atoms. The van der Waals surface area contributed by atoms with Crippen molar-refractivity contribution in [3.63, 3.8) is 0 Å². The van der Waals surface area contributed by atoms with Crippen molar-refractivity contribution < 1.29 is 18.0 Å². The van der Waals surface area contributed by atoms with Crippen LogP contribution in [-0.2, 0) is 32.6 Å². The van der Waals surface area contributed by atoms with Gasteiger partial charge in [0.25, 0.3) is 0 Å². The van der Waals surface area contributed by atoms with E-state index in [4.69, 9.17) is 0 Å². The van der Waals surface area contributed by atoms with Gasteiger partial charge in [-0.1, -0.05) is 60.2 Å². The summed E-state index contributed by atoms with van der Waals surface area (Å²) in [6.07, 6.45) is 0.529. The molecule has 188 valence electrons. The maximum Gasteiger partial charge on any atom is 0.245 e. The lowest BCUT2D eigenvalue weighted by Gasteiger charge is -2.36. The quantitative estimate of drug-likeness (QED) is 0.502. The van der Waals surface area contributed by atoms with Crippen LogP contribution in [0.25, 0.3) is 0 Å². The molecule has 1 aliphatic rings. The van der Waals surface area contributed by atoms with E-state index >= 15 is 0 Å². The molecule has 7 nitrogen and oxygen atoms in total. The van der Waals surface area contributed by atoms with E-state index < -0.39 is 16.1 Å². The summed E-state index contributed by atoms with van der Waals surface area (Å²) in [6, 6.07) is 19.8. The van der Waals surface area contributed by atoms with Gasteiger partial charge in [-0.15, -0.1) is 0 Å². The normalized spacial score (nSPS) is 15.7. The molecule has 0 radical (unpaired) electrons. The number of fused-ring (bicyclic) bond motifs is 1. The third-order valence-corrected chi connectivity index (χ3v) is 8.33. The van der Waals surface area contributed by atoms with E-state index in [1.54, 1.807) is 25.1 Å². The second-order valence-corrected chi connectivity index (χ2v) is 11.1. The fraction of sp³-hybridized carbons (Fsp3) is 0.286. The Kier molecular flexibility index (Phi) is 7.56. The minimum Gasteiger partial charge on any atom is -0.352 e. The van der Waals surface area contributed by atoms with Gasteiger partial charge < -0.3 is 10.6 Å². The summed E-state index contributed by atoms with van der Waals surface area (Å²) >= 11 is 0. The molecular weight excluding hydrogens is 474 g/mol. The average molecular weight is 506 g/mol. The second kappa shape index (κ2) is 10.6. The van der Waals surface area contributed by atoms with Gasteiger partial charge in [-0.2, -0.15) is 4.31 Å². The number of amides is 2. The van der Waals surface area contributed by atoms with Crippen molar-refractivity contribution in [1.29, 1.82) is 0 Å². The van der Waals surface area contributed by atoms with Crippen LogP contribution in [0.15, 0.2) is 71.6 Å². The number of hydrogen-bond acceptors (Lipinski definition) is 4. The van der Waals surface area contributed by atoms with E-state index in [2.05, 4.69) is 10.6 Å². The lowest BCUT2D eigenvalue weighted by atomic mass is 9.92. The fourth-order valence-electron chi connectivity index (χ4n) is 4.54. The predicted molar refractivity (Wildman–Crippen MR) is 140 cm³/mol. The summed E-state index contributed by atoms with van der Waals surface area (Å²) in [7, 11) is -4.03. The number of carbonyl (C=O) groups is 2. The molecule has 0 bridgehead atoms. The number of hydrogen-bond donors (Lipinski definition) is 2. The van der Waals surface area contributed by atoms with Crippen LogP contribution >= 0.6 is 0 Å². The largest absolute Gasteiger partial charge is 0.352 e. The maximum absolute atomic E-state index is 14.0. The highest BCUT2D eigenvalue weighted by Gasteiger charge is 2.38. The Morgan fingerprint density at radius 3 is 2.39 bits per heavy atom. The molecule has 3 aromatic rings. The Morgan fingerprint density at radius 2 is 1.67 bits per heavy atom. The summed E-state index contributed by atoms with van der Waals surface area (Å²) in [4.78, 5) is 24.8. The van der Waals surface area contributed by atoms with Gasteiger partial charge in [0.2, 0.25) is 21.8 Å². The summed E-state index contributed by atoms with van der Waals surface area (Å²) in [6.45, 7) is 5.75. The lowest BCUT2D eigenvalue weighted by molar-refractivity contribution is -0.122. The smallest absolute Gasteiger partial charge is 0.245 e. The van der Waals surface area contributed by atoms with Gasteiger partial charge in [0.05, 0.1) is 11.7 Å². The number of sulfonamides is 1. The molecule has 4 rings (SSSR count). The van der Waals surface area contributed by atoms with Crippen LogP contribution in [0.4, 0.5) is 5.69 Å². The van der Waals surface area contributed by atoms with Crippen LogP contribution in [0.3, 0.4) is 0 Å². The van der Waals surface area contributed by atoms with Crippen molar-refractivity contribution in [2.24, 2.45) is 0 Å². The lowest BCUT2D eigenvalue weighted by Crippen LogP contribution is -2.42. The first-order chi connectivity index (χ1) is 17.1. The number of rotatable bonds is 7. The summed E-state index contributed by atoms with van der Waals surface area (Å²) < 4.78 is 29.4. The highest BCUT2D eigenvalue weighted by Crippen LogP contribution is 2.38. The van der Waals surface area contributed by atoms with Crippen LogP contribution in [0.5, 0.6) is 0 Å². The predicted octanol–water partition coefficient (Wildman–Crippen LogP) is 4.26. The van der Waals surface area contributed by atoms with Crippen molar-refractivity contribution in [2.75, 3.05) is 11.9 Å². The van der Waals surface area contributed by atoms with Gasteiger partial charge >= 0.3 is 0 Å². The Bertz CT molecular complexity index is 1380. The second-order valence-electron chi connectivity index (χ2n) is 9.23. The van der Waals surface area contributed by atoms with E-state index in [0.717, 1.165) is 27.8 Å². The molecule has 0 aliphatic carbocycles. The zero-order chi connectivity index (χ0) is 25.9. The summed E-state index contributed by atoms with van der Waals surface area (Å²) in [5.41, 5.74) is 4.96. The first kappa shape index (κ1) is 25.6. The van der Waals surface area contributed by atoms with Gasteiger partial charge in [0.1, 0.15) is 4.90 Å². The SMILES string of the molecule is CC(=O)Nc1ccc(C)cc1S(=O)(=O)N1CCc2ccccc2[C@@H]1CC(=O)NCc1ccc(C)cc1.